The molecule has 0 bridgehead atoms. The lowest BCUT2D eigenvalue weighted by Gasteiger charge is -2.23. The average molecular weight is 307 g/mol. The molecule has 1 aliphatic heterocycles. The molecule has 2 N–H and O–H groups in total. The van der Waals surface area contributed by atoms with Gasteiger partial charge in [0.05, 0.1) is 11.1 Å². The van der Waals surface area contributed by atoms with Crippen LogP contribution in [0.15, 0.2) is 11.6 Å². The van der Waals surface area contributed by atoms with E-state index in [1.165, 1.54) is 0 Å². The van der Waals surface area contributed by atoms with Crippen molar-refractivity contribution in [1.29, 1.82) is 0 Å². The van der Waals surface area contributed by atoms with Gasteiger partial charge >= 0.3 is 0 Å². The topological polar surface area (TPSA) is 61.7 Å². The van der Waals surface area contributed by atoms with E-state index in [1.54, 1.807) is 18.4 Å². The van der Waals surface area contributed by atoms with Crippen LogP contribution in [0.1, 0.15) is 19.0 Å². The maximum absolute atomic E-state index is 12.1. The van der Waals surface area contributed by atoms with Crippen LogP contribution in [0.25, 0.3) is 4.96 Å². The van der Waals surface area contributed by atoms with Gasteiger partial charge < -0.3 is 15.5 Å². The molecule has 3 rings (SSSR count). The van der Waals surface area contributed by atoms with Gasteiger partial charge in [-0.1, -0.05) is 0 Å². The molecule has 7 heteroatoms. The zero-order valence-electron chi connectivity index (χ0n) is 12.6. The molecule has 0 radical (unpaired) electrons. The molecule has 0 saturated carbocycles. The summed E-state index contributed by atoms with van der Waals surface area (Å²) in [5.74, 6) is 1.12. The lowest BCUT2D eigenvalue weighted by molar-refractivity contribution is -0.128. The first kappa shape index (κ1) is 14.3. The number of hydrogen-bond donors (Lipinski definition) is 2. The highest BCUT2D eigenvalue weighted by atomic mass is 32.1. The lowest BCUT2D eigenvalue weighted by atomic mass is 9.89. The van der Waals surface area contributed by atoms with E-state index < -0.39 is 0 Å². The molecule has 1 amide bonds. The van der Waals surface area contributed by atoms with Crippen molar-refractivity contribution in [3.8, 4) is 0 Å². The Labute approximate surface area is 128 Å². The monoisotopic (exact) mass is 307 g/mol. The van der Waals surface area contributed by atoms with Crippen molar-refractivity contribution in [3.05, 3.63) is 17.3 Å². The van der Waals surface area contributed by atoms with Crippen molar-refractivity contribution in [2.24, 2.45) is 5.41 Å². The van der Waals surface area contributed by atoms with Gasteiger partial charge in [0.2, 0.25) is 5.91 Å². The third-order valence-corrected chi connectivity index (χ3v) is 4.99. The molecule has 1 atom stereocenters. The smallest absolute Gasteiger partial charge is 0.227 e. The Morgan fingerprint density at radius 3 is 3.05 bits per heavy atom. The summed E-state index contributed by atoms with van der Waals surface area (Å²) >= 11 is 1.64. The van der Waals surface area contributed by atoms with Crippen molar-refractivity contribution in [2.75, 3.05) is 32.1 Å². The molecule has 0 aliphatic carbocycles. The molecule has 2 aromatic rings. The Bertz CT molecular complexity index is 663. The second kappa shape index (κ2) is 5.31. The first-order valence-corrected chi connectivity index (χ1v) is 8.03. The van der Waals surface area contributed by atoms with Gasteiger partial charge in [-0.25, -0.2) is 4.98 Å². The van der Waals surface area contributed by atoms with E-state index in [2.05, 4.69) is 26.1 Å². The van der Waals surface area contributed by atoms with E-state index >= 15 is 0 Å². The van der Waals surface area contributed by atoms with E-state index in [-0.39, 0.29) is 11.3 Å². The summed E-state index contributed by atoms with van der Waals surface area (Å²) in [5.41, 5.74) is 0.831. The summed E-state index contributed by atoms with van der Waals surface area (Å²) in [5, 5.41) is 8.03. The van der Waals surface area contributed by atoms with Crippen LogP contribution in [0.4, 0.5) is 5.82 Å². The van der Waals surface area contributed by atoms with Crippen molar-refractivity contribution in [3.63, 3.8) is 0 Å². The second-order valence-corrected chi connectivity index (χ2v) is 6.65. The molecule has 0 aromatic carbocycles. The summed E-state index contributed by atoms with van der Waals surface area (Å²) in [6, 6.07) is 0. The third-order valence-electron chi connectivity index (χ3n) is 4.23. The number of imidazole rings is 1. The molecule has 1 unspecified atom stereocenters. The molecule has 0 spiro atoms. The normalized spacial score (nSPS) is 22.1. The molecule has 21 heavy (non-hydrogen) atoms. The van der Waals surface area contributed by atoms with Crippen LogP contribution >= 0.6 is 11.3 Å². The second-order valence-electron chi connectivity index (χ2n) is 5.78. The van der Waals surface area contributed by atoms with Gasteiger partial charge in [-0.3, -0.25) is 9.20 Å². The number of hydrogen-bond acceptors (Lipinski definition) is 5. The molecule has 114 valence electrons. The van der Waals surface area contributed by atoms with Crippen LogP contribution in [0.3, 0.4) is 0 Å². The molecule has 1 aliphatic rings. The predicted molar refractivity (Wildman–Crippen MR) is 84.8 cm³/mol. The van der Waals surface area contributed by atoms with Gasteiger partial charge in [-0.15, -0.1) is 11.3 Å². The maximum atomic E-state index is 12.1. The van der Waals surface area contributed by atoms with Crippen molar-refractivity contribution < 1.29 is 4.79 Å². The van der Waals surface area contributed by atoms with Crippen molar-refractivity contribution in [2.45, 2.75) is 19.9 Å². The van der Waals surface area contributed by atoms with Gasteiger partial charge in [0.1, 0.15) is 0 Å². The van der Waals surface area contributed by atoms with Gasteiger partial charge in [0.15, 0.2) is 10.8 Å². The van der Waals surface area contributed by atoms with Crippen LogP contribution in [0.2, 0.25) is 0 Å². The number of aromatic nitrogens is 2. The standard InChI is InChI=1S/C14H21N5OS/c1-14(12(20)16-3)4-5-18(9-14)11-10(8-15-2)19-6-7-21-13(19)17-11/h6-7,15H,4-5,8-9H2,1-3H3,(H,16,20). The van der Waals surface area contributed by atoms with Crippen LogP contribution in [-0.2, 0) is 11.3 Å². The summed E-state index contributed by atoms with van der Waals surface area (Å²) in [6.07, 6.45) is 2.91. The van der Waals surface area contributed by atoms with E-state index in [4.69, 9.17) is 4.98 Å². The van der Waals surface area contributed by atoms with Crippen LogP contribution in [0.5, 0.6) is 0 Å². The Hall–Kier alpha value is -1.60. The number of nitrogens with one attached hydrogen (secondary N) is 2. The molecule has 1 fully saturated rings. The highest BCUT2D eigenvalue weighted by molar-refractivity contribution is 7.15. The van der Waals surface area contributed by atoms with Crippen LogP contribution < -0.4 is 15.5 Å². The van der Waals surface area contributed by atoms with Crippen molar-refractivity contribution >= 4 is 28.0 Å². The zero-order chi connectivity index (χ0) is 15.0. The Balaban J connectivity index is 1.93. The van der Waals surface area contributed by atoms with E-state index in [1.807, 2.05) is 19.4 Å². The number of amides is 1. The fraction of sp³-hybridized carbons (Fsp3) is 0.571. The van der Waals surface area contributed by atoms with Gasteiger partial charge in [-0.05, 0) is 20.4 Å². The maximum Gasteiger partial charge on any atom is 0.227 e. The molecule has 2 aromatic heterocycles. The molecule has 1 saturated heterocycles. The van der Waals surface area contributed by atoms with E-state index in [9.17, 15) is 4.79 Å². The summed E-state index contributed by atoms with van der Waals surface area (Å²) in [7, 11) is 3.64. The number of nitrogens with zero attached hydrogens (tertiary/aromatic N) is 3. The van der Waals surface area contributed by atoms with Gasteiger partial charge in [-0.2, -0.15) is 0 Å². The number of anilines is 1. The molecular weight excluding hydrogens is 286 g/mol. The first-order chi connectivity index (χ1) is 10.1. The highest BCUT2D eigenvalue weighted by Crippen LogP contribution is 2.35. The fourth-order valence-corrected chi connectivity index (χ4v) is 3.76. The average Bonchev–Trinajstić information content (AvgIpc) is 3.14. The lowest BCUT2D eigenvalue weighted by Crippen LogP contribution is -2.39. The molecule has 3 heterocycles. The quantitative estimate of drug-likeness (QED) is 0.887. The fourth-order valence-electron chi connectivity index (χ4n) is 3.04. The number of fused-ring (bicyclic) bond motifs is 1. The number of carbonyl (C=O) groups excluding carboxylic acids is 1. The van der Waals surface area contributed by atoms with E-state index in [0.29, 0.717) is 6.54 Å². The predicted octanol–water partition coefficient (Wildman–Crippen LogP) is 1.08. The molecule has 6 nitrogen and oxygen atoms in total. The number of carbonyl (C=O) groups is 1. The van der Waals surface area contributed by atoms with Gasteiger partial charge in [0, 0.05) is 38.3 Å². The minimum atomic E-state index is -0.331. The number of rotatable bonds is 4. The van der Waals surface area contributed by atoms with Crippen LogP contribution in [-0.4, -0.2) is 42.5 Å². The highest BCUT2D eigenvalue weighted by Gasteiger charge is 2.41. The summed E-state index contributed by atoms with van der Waals surface area (Å²) < 4.78 is 2.13. The Morgan fingerprint density at radius 2 is 2.33 bits per heavy atom. The van der Waals surface area contributed by atoms with Gasteiger partial charge in [0.25, 0.3) is 0 Å². The Morgan fingerprint density at radius 1 is 1.52 bits per heavy atom. The summed E-state index contributed by atoms with van der Waals surface area (Å²) in [4.78, 5) is 20.1. The van der Waals surface area contributed by atoms with Crippen LogP contribution in [0, 0.1) is 5.41 Å². The zero-order valence-corrected chi connectivity index (χ0v) is 13.5. The summed E-state index contributed by atoms with van der Waals surface area (Å²) in [6.45, 7) is 4.38. The third kappa shape index (κ3) is 2.30. The minimum Gasteiger partial charge on any atom is -0.359 e. The van der Waals surface area contributed by atoms with Crippen molar-refractivity contribution in [1.82, 2.24) is 20.0 Å². The number of thiazole rings is 1. The van der Waals surface area contributed by atoms with E-state index in [0.717, 1.165) is 36.0 Å². The minimum absolute atomic E-state index is 0.112. The largest absolute Gasteiger partial charge is 0.359 e. The Kier molecular flexibility index (Phi) is 3.62. The SMILES string of the molecule is CNCc1c(N2CCC(C)(C(=O)NC)C2)nc2sccn12. The first-order valence-electron chi connectivity index (χ1n) is 7.15. The molecular formula is C14H21N5OS.